The molecule has 18 heavy (non-hydrogen) atoms. The maximum Gasteiger partial charge on any atom is 0.312 e. The number of rotatable bonds is 5. The van der Waals surface area contributed by atoms with Gasteiger partial charge in [-0.2, -0.15) is 0 Å². The van der Waals surface area contributed by atoms with Crippen LogP contribution < -0.4 is 16.4 Å². The van der Waals surface area contributed by atoms with E-state index in [0.717, 1.165) is 4.90 Å². The van der Waals surface area contributed by atoms with Gasteiger partial charge < -0.3 is 21.3 Å². The summed E-state index contributed by atoms with van der Waals surface area (Å²) in [5, 5.41) is 4.86. The van der Waals surface area contributed by atoms with Crippen LogP contribution in [0.5, 0.6) is 0 Å². The number of amides is 3. The second kappa shape index (κ2) is 7.59. The third kappa shape index (κ3) is 6.79. The predicted octanol–water partition coefficient (Wildman–Crippen LogP) is -1.63. The van der Waals surface area contributed by atoms with Crippen LogP contribution in [0.15, 0.2) is 0 Å². The van der Waals surface area contributed by atoms with Crippen molar-refractivity contribution >= 4 is 34.9 Å². The van der Waals surface area contributed by atoms with Gasteiger partial charge in [-0.25, -0.2) is 0 Å². The van der Waals surface area contributed by atoms with Crippen molar-refractivity contribution in [2.75, 3.05) is 20.1 Å². The van der Waals surface area contributed by atoms with Crippen molar-refractivity contribution in [3.05, 3.63) is 0 Å². The molecule has 0 heterocycles. The average molecular weight is 274 g/mol. The van der Waals surface area contributed by atoms with Gasteiger partial charge in [0.2, 0.25) is 5.91 Å². The van der Waals surface area contributed by atoms with Crippen LogP contribution in [-0.4, -0.2) is 53.8 Å². The van der Waals surface area contributed by atoms with Crippen molar-refractivity contribution in [3.8, 4) is 0 Å². The highest BCUT2D eigenvalue weighted by atomic mass is 32.1. The molecule has 0 radical (unpaired) electrons. The monoisotopic (exact) mass is 274 g/mol. The van der Waals surface area contributed by atoms with Crippen molar-refractivity contribution in [2.24, 2.45) is 5.73 Å². The number of nitrogens with one attached hydrogen (secondary N) is 2. The average Bonchev–Trinajstić information content (AvgIpc) is 2.23. The molecule has 0 aliphatic rings. The Morgan fingerprint density at radius 1 is 1.33 bits per heavy atom. The van der Waals surface area contributed by atoms with E-state index in [9.17, 15) is 14.4 Å². The first kappa shape index (κ1) is 16.3. The van der Waals surface area contributed by atoms with Gasteiger partial charge in [0.15, 0.2) is 0 Å². The number of carbonyl (C=O) groups excluding carboxylic acids is 3. The molecule has 3 amide bonds. The highest BCUT2D eigenvalue weighted by Gasteiger charge is 2.20. The Morgan fingerprint density at radius 3 is 2.33 bits per heavy atom. The molecule has 0 rings (SSSR count). The number of hydrogen-bond acceptors (Lipinski definition) is 4. The van der Waals surface area contributed by atoms with Gasteiger partial charge in [-0.1, -0.05) is 12.2 Å². The maximum absolute atomic E-state index is 11.5. The summed E-state index contributed by atoms with van der Waals surface area (Å²) in [6.45, 7) is 3.37. The Labute approximate surface area is 111 Å². The Balaban J connectivity index is 4.21. The van der Waals surface area contributed by atoms with E-state index in [-0.39, 0.29) is 30.0 Å². The number of carbonyl (C=O) groups is 3. The smallest absolute Gasteiger partial charge is 0.312 e. The summed E-state index contributed by atoms with van der Waals surface area (Å²) in [7, 11) is 1.36. The van der Waals surface area contributed by atoms with Gasteiger partial charge in [0.05, 0.1) is 18.1 Å². The lowest BCUT2D eigenvalue weighted by Gasteiger charge is -2.17. The van der Waals surface area contributed by atoms with Gasteiger partial charge in [-0.05, 0) is 13.8 Å². The van der Waals surface area contributed by atoms with E-state index in [1.54, 1.807) is 13.8 Å². The molecule has 7 nitrogen and oxygen atoms in total. The highest BCUT2D eigenvalue weighted by Crippen LogP contribution is 1.87. The minimum atomic E-state index is -0.845. The Morgan fingerprint density at radius 2 is 1.89 bits per heavy atom. The van der Waals surface area contributed by atoms with E-state index >= 15 is 0 Å². The second-order valence-corrected chi connectivity index (χ2v) is 4.56. The van der Waals surface area contributed by atoms with Gasteiger partial charge in [0.25, 0.3) is 0 Å². The van der Waals surface area contributed by atoms with Crippen LogP contribution in [0.3, 0.4) is 0 Å². The summed E-state index contributed by atoms with van der Waals surface area (Å²) < 4.78 is 0. The number of thiocarbonyl (C=S) groups is 1. The zero-order valence-electron chi connectivity index (χ0n) is 10.6. The van der Waals surface area contributed by atoms with E-state index in [4.69, 9.17) is 5.73 Å². The summed E-state index contributed by atoms with van der Waals surface area (Å²) >= 11 is 4.56. The largest absolute Gasteiger partial charge is 0.392 e. The van der Waals surface area contributed by atoms with E-state index in [2.05, 4.69) is 22.9 Å². The fourth-order valence-corrected chi connectivity index (χ4v) is 1.14. The quantitative estimate of drug-likeness (QED) is 0.412. The van der Waals surface area contributed by atoms with Gasteiger partial charge in [0, 0.05) is 13.1 Å². The molecular formula is C10H18N4O3S. The van der Waals surface area contributed by atoms with Gasteiger partial charge >= 0.3 is 11.8 Å². The molecule has 0 atom stereocenters. The lowest BCUT2D eigenvalue weighted by Crippen LogP contribution is -2.47. The van der Waals surface area contributed by atoms with Crippen molar-refractivity contribution in [2.45, 2.75) is 19.9 Å². The summed E-state index contributed by atoms with van der Waals surface area (Å²) in [6, 6.07) is -0.0237. The molecule has 0 spiro atoms. The number of nitrogens with two attached hydrogens (primary N) is 1. The maximum atomic E-state index is 11.5. The minimum absolute atomic E-state index is 0.0237. The van der Waals surface area contributed by atoms with E-state index < -0.39 is 11.8 Å². The van der Waals surface area contributed by atoms with Crippen LogP contribution in [0.2, 0.25) is 0 Å². The molecule has 0 aliphatic carbocycles. The van der Waals surface area contributed by atoms with Crippen LogP contribution in [0.4, 0.5) is 0 Å². The topological polar surface area (TPSA) is 105 Å². The van der Waals surface area contributed by atoms with Crippen molar-refractivity contribution in [3.63, 3.8) is 0 Å². The SMILES string of the molecule is CC(C)NC(=O)CN(C)C(=O)C(=O)NCC(N)=S. The summed E-state index contributed by atoms with van der Waals surface area (Å²) in [6.07, 6.45) is 0. The van der Waals surface area contributed by atoms with Crippen molar-refractivity contribution in [1.82, 2.24) is 15.5 Å². The van der Waals surface area contributed by atoms with E-state index in [1.807, 2.05) is 0 Å². The van der Waals surface area contributed by atoms with Crippen LogP contribution in [0.1, 0.15) is 13.8 Å². The zero-order valence-corrected chi connectivity index (χ0v) is 11.5. The van der Waals surface area contributed by atoms with Gasteiger partial charge in [0.1, 0.15) is 0 Å². The molecule has 8 heteroatoms. The molecule has 0 bridgehead atoms. The third-order valence-electron chi connectivity index (χ3n) is 1.79. The third-order valence-corrected chi connectivity index (χ3v) is 1.94. The first-order valence-electron chi connectivity index (χ1n) is 5.35. The van der Waals surface area contributed by atoms with Crippen molar-refractivity contribution in [1.29, 1.82) is 0 Å². The molecule has 0 aliphatic heterocycles. The summed E-state index contributed by atoms with van der Waals surface area (Å²) in [5.41, 5.74) is 5.18. The molecular weight excluding hydrogens is 256 g/mol. The first-order chi connectivity index (χ1) is 8.23. The van der Waals surface area contributed by atoms with Crippen molar-refractivity contribution < 1.29 is 14.4 Å². The molecule has 0 aromatic carbocycles. The fraction of sp³-hybridized carbons (Fsp3) is 0.600. The van der Waals surface area contributed by atoms with Crippen LogP contribution in [-0.2, 0) is 14.4 Å². The normalized spacial score (nSPS) is 9.78. The standard InChI is InChI=1S/C10H18N4O3S/c1-6(2)13-8(15)5-14(3)10(17)9(16)12-4-7(11)18/h6H,4-5H2,1-3H3,(H2,11,18)(H,12,16)(H,13,15). The van der Waals surface area contributed by atoms with Gasteiger partial charge in [-0.3, -0.25) is 14.4 Å². The van der Waals surface area contributed by atoms with E-state index in [0.29, 0.717) is 0 Å². The summed E-state index contributed by atoms with van der Waals surface area (Å²) in [4.78, 5) is 35.3. The molecule has 0 fully saturated rings. The Hall–Kier alpha value is -1.70. The first-order valence-corrected chi connectivity index (χ1v) is 5.75. The molecule has 0 saturated heterocycles. The van der Waals surface area contributed by atoms with Gasteiger partial charge in [-0.15, -0.1) is 0 Å². The van der Waals surface area contributed by atoms with E-state index in [1.165, 1.54) is 7.05 Å². The summed E-state index contributed by atoms with van der Waals surface area (Å²) in [5.74, 6) is -1.99. The molecule has 102 valence electrons. The number of nitrogens with zero attached hydrogens (tertiary/aromatic N) is 1. The molecule has 0 unspecified atom stereocenters. The number of likely N-dealkylation sites (N-methyl/N-ethyl adjacent to an activating group) is 1. The Kier molecular flexibility index (Phi) is 6.88. The van der Waals surface area contributed by atoms with Crippen LogP contribution in [0.25, 0.3) is 0 Å². The minimum Gasteiger partial charge on any atom is -0.392 e. The molecule has 0 saturated carbocycles. The lowest BCUT2D eigenvalue weighted by atomic mass is 10.3. The van der Waals surface area contributed by atoms with Crippen LogP contribution in [0, 0.1) is 0 Å². The molecule has 0 aromatic rings. The number of hydrogen-bond donors (Lipinski definition) is 3. The second-order valence-electron chi connectivity index (χ2n) is 4.03. The molecule has 4 N–H and O–H groups in total. The predicted molar refractivity (Wildman–Crippen MR) is 70.7 cm³/mol. The highest BCUT2D eigenvalue weighted by molar-refractivity contribution is 7.80. The zero-order chi connectivity index (χ0) is 14.3. The van der Waals surface area contributed by atoms with Crippen LogP contribution >= 0.6 is 12.2 Å². The lowest BCUT2D eigenvalue weighted by molar-refractivity contribution is -0.146. The molecule has 0 aromatic heterocycles. The fourth-order valence-electron chi connectivity index (χ4n) is 1.07. The Bertz CT molecular complexity index is 357.